The number of aryl methyl sites for hydroxylation is 2. The summed E-state index contributed by atoms with van der Waals surface area (Å²) in [7, 11) is 1.59. The maximum Gasteiger partial charge on any atom is 0.293 e. The zero-order chi connectivity index (χ0) is 13.1. The first kappa shape index (κ1) is 12.2. The van der Waals surface area contributed by atoms with Crippen molar-refractivity contribution in [1.29, 1.82) is 0 Å². The molecule has 0 fully saturated rings. The molecule has 0 aliphatic carbocycles. The third-order valence-electron chi connectivity index (χ3n) is 2.46. The van der Waals surface area contributed by atoms with Gasteiger partial charge in [0.25, 0.3) is 5.91 Å². The van der Waals surface area contributed by atoms with E-state index in [1.54, 1.807) is 45.2 Å². The zero-order valence-electron chi connectivity index (χ0n) is 10.5. The van der Waals surface area contributed by atoms with Crippen molar-refractivity contribution < 1.29 is 13.9 Å². The number of benzene rings is 1. The third-order valence-corrected chi connectivity index (χ3v) is 2.46. The number of carbonyl (C=O) groups is 1. The van der Waals surface area contributed by atoms with Crippen LogP contribution in [0.15, 0.2) is 28.7 Å². The number of methoxy groups -OCH3 is 1. The molecule has 1 aromatic carbocycles. The minimum Gasteiger partial charge on any atom is -0.497 e. The van der Waals surface area contributed by atoms with Crippen molar-refractivity contribution >= 4 is 11.6 Å². The molecule has 1 N–H and O–H groups in total. The van der Waals surface area contributed by atoms with Gasteiger partial charge in [-0.05, 0) is 31.2 Å². The van der Waals surface area contributed by atoms with E-state index in [1.807, 2.05) is 0 Å². The van der Waals surface area contributed by atoms with Crippen LogP contribution in [0.4, 0.5) is 5.69 Å². The van der Waals surface area contributed by atoms with E-state index in [4.69, 9.17) is 9.15 Å². The number of nitrogens with zero attached hydrogens (tertiary/aromatic N) is 1. The summed E-state index contributed by atoms with van der Waals surface area (Å²) in [4.78, 5) is 16.0. The Morgan fingerprint density at radius 3 is 2.44 bits per heavy atom. The molecule has 2 rings (SSSR count). The van der Waals surface area contributed by atoms with Gasteiger partial charge in [0.2, 0.25) is 5.76 Å². The summed E-state index contributed by atoms with van der Waals surface area (Å²) in [6.07, 6.45) is 0. The van der Waals surface area contributed by atoms with Gasteiger partial charge >= 0.3 is 0 Å². The fraction of sp³-hybridized carbons (Fsp3) is 0.231. The van der Waals surface area contributed by atoms with Crippen LogP contribution < -0.4 is 10.1 Å². The lowest BCUT2D eigenvalue weighted by Crippen LogP contribution is -2.12. The van der Waals surface area contributed by atoms with Gasteiger partial charge in [0.1, 0.15) is 5.75 Å². The quantitative estimate of drug-likeness (QED) is 0.903. The highest BCUT2D eigenvalue weighted by Gasteiger charge is 2.15. The summed E-state index contributed by atoms with van der Waals surface area (Å²) >= 11 is 0. The largest absolute Gasteiger partial charge is 0.497 e. The molecule has 94 valence electrons. The van der Waals surface area contributed by atoms with Crippen molar-refractivity contribution in [2.75, 3.05) is 12.4 Å². The predicted octanol–water partition coefficient (Wildman–Crippen LogP) is 2.55. The van der Waals surface area contributed by atoms with Crippen LogP contribution in [-0.2, 0) is 0 Å². The number of carbonyl (C=O) groups excluding carboxylic acids is 1. The summed E-state index contributed by atoms with van der Waals surface area (Å²) in [6, 6.07) is 7.06. The molecule has 2 aromatic rings. The molecule has 0 aliphatic heterocycles. The summed E-state index contributed by atoms with van der Waals surface area (Å²) in [6.45, 7) is 3.44. The Kier molecular flexibility index (Phi) is 3.32. The van der Waals surface area contributed by atoms with Crippen LogP contribution in [-0.4, -0.2) is 18.0 Å². The van der Waals surface area contributed by atoms with Crippen LogP contribution in [0.25, 0.3) is 0 Å². The molecular formula is C13H14N2O3. The second-order valence-corrected chi connectivity index (χ2v) is 3.83. The van der Waals surface area contributed by atoms with Crippen molar-refractivity contribution in [3.8, 4) is 5.75 Å². The molecule has 5 nitrogen and oxygen atoms in total. The van der Waals surface area contributed by atoms with E-state index in [-0.39, 0.29) is 11.7 Å². The molecule has 0 atom stereocenters. The molecule has 5 heteroatoms. The molecule has 0 aliphatic rings. The first-order chi connectivity index (χ1) is 8.60. The molecule has 1 heterocycles. The van der Waals surface area contributed by atoms with Gasteiger partial charge in [-0.15, -0.1) is 0 Å². The van der Waals surface area contributed by atoms with Gasteiger partial charge in [0.05, 0.1) is 12.8 Å². The first-order valence-corrected chi connectivity index (χ1v) is 5.49. The van der Waals surface area contributed by atoms with Crippen molar-refractivity contribution in [3.05, 3.63) is 41.6 Å². The minimum atomic E-state index is -0.307. The molecule has 18 heavy (non-hydrogen) atoms. The molecule has 0 spiro atoms. The van der Waals surface area contributed by atoms with E-state index in [1.165, 1.54) is 0 Å². The minimum absolute atomic E-state index is 0.239. The van der Waals surface area contributed by atoms with Gasteiger partial charge in [-0.2, -0.15) is 0 Å². The van der Waals surface area contributed by atoms with Gasteiger partial charge < -0.3 is 14.5 Å². The average Bonchev–Trinajstić information content (AvgIpc) is 2.69. The molecule has 0 saturated heterocycles. The van der Waals surface area contributed by atoms with E-state index >= 15 is 0 Å². The second-order valence-electron chi connectivity index (χ2n) is 3.83. The summed E-state index contributed by atoms with van der Waals surface area (Å²) in [5.41, 5.74) is 1.26. The maximum absolute atomic E-state index is 11.9. The Bertz CT molecular complexity index is 558. The summed E-state index contributed by atoms with van der Waals surface area (Å²) in [5, 5.41) is 2.74. The van der Waals surface area contributed by atoms with Gasteiger partial charge in [0, 0.05) is 12.6 Å². The van der Waals surface area contributed by atoms with Crippen LogP contribution in [0, 0.1) is 13.8 Å². The van der Waals surface area contributed by atoms with Crippen molar-refractivity contribution in [1.82, 2.24) is 4.98 Å². The zero-order valence-corrected chi connectivity index (χ0v) is 10.5. The fourth-order valence-electron chi connectivity index (χ4n) is 1.60. The molecule has 0 unspecified atom stereocenters. The summed E-state index contributed by atoms with van der Waals surface area (Å²) < 4.78 is 10.3. The number of ether oxygens (including phenoxy) is 1. The van der Waals surface area contributed by atoms with Crippen LogP contribution in [0.5, 0.6) is 5.75 Å². The number of amides is 1. The average molecular weight is 246 g/mol. The molecule has 1 amide bonds. The first-order valence-electron chi connectivity index (χ1n) is 5.49. The highest BCUT2D eigenvalue weighted by atomic mass is 16.5. The lowest BCUT2D eigenvalue weighted by atomic mass is 10.3. The highest BCUT2D eigenvalue weighted by Crippen LogP contribution is 2.17. The van der Waals surface area contributed by atoms with E-state index in [2.05, 4.69) is 10.3 Å². The maximum atomic E-state index is 11.9. The monoisotopic (exact) mass is 246 g/mol. The molecule has 0 saturated carbocycles. The Morgan fingerprint density at radius 1 is 1.28 bits per heavy atom. The number of oxazole rings is 1. The number of hydrogen-bond donors (Lipinski definition) is 1. The fourth-order valence-corrected chi connectivity index (χ4v) is 1.60. The number of aromatic nitrogens is 1. The standard InChI is InChI=1S/C13H14N2O3/c1-8-12(18-9(2)14-8)13(16)15-10-4-6-11(17-3)7-5-10/h4-7H,1-3H3,(H,15,16). The smallest absolute Gasteiger partial charge is 0.293 e. The number of rotatable bonds is 3. The SMILES string of the molecule is COc1ccc(NC(=O)c2oc(C)nc2C)cc1. The van der Waals surface area contributed by atoms with Gasteiger partial charge in [-0.3, -0.25) is 4.79 Å². The topological polar surface area (TPSA) is 64.4 Å². The van der Waals surface area contributed by atoms with Crippen molar-refractivity contribution in [3.63, 3.8) is 0 Å². The van der Waals surface area contributed by atoms with E-state index in [9.17, 15) is 4.79 Å². The normalized spacial score (nSPS) is 10.2. The number of anilines is 1. The summed E-state index contributed by atoms with van der Waals surface area (Å²) in [5.74, 6) is 1.15. The lowest BCUT2D eigenvalue weighted by molar-refractivity contribution is 0.0994. The van der Waals surface area contributed by atoms with Crippen LogP contribution >= 0.6 is 0 Å². The van der Waals surface area contributed by atoms with E-state index in [0.717, 1.165) is 5.75 Å². The second kappa shape index (κ2) is 4.91. The molecule has 0 radical (unpaired) electrons. The van der Waals surface area contributed by atoms with Crippen molar-refractivity contribution in [2.24, 2.45) is 0 Å². The van der Waals surface area contributed by atoms with E-state index < -0.39 is 0 Å². The van der Waals surface area contributed by atoms with Crippen molar-refractivity contribution in [2.45, 2.75) is 13.8 Å². The van der Waals surface area contributed by atoms with Crippen LogP contribution in [0.1, 0.15) is 22.1 Å². The molecule has 1 aromatic heterocycles. The molecular weight excluding hydrogens is 232 g/mol. The number of hydrogen-bond acceptors (Lipinski definition) is 4. The Morgan fingerprint density at radius 2 is 1.94 bits per heavy atom. The van der Waals surface area contributed by atoms with Gasteiger partial charge in [-0.1, -0.05) is 0 Å². The van der Waals surface area contributed by atoms with Gasteiger partial charge in [-0.25, -0.2) is 4.98 Å². The lowest BCUT2D eigenvalue weighted by Gasteiger charge is -2.04. The molecule has 0 bridgehead atoms. The van der Waals surface area contributed by atoms with Crippen LogP contribution in [0.2, 0.25) is 0 Å². The van der Waals surface area contributed by atoms with Gasteiger partial charge in [0.15, 0.2) is 5.89 Å². The third kappa shape index (κ3) is 2.51. The Hall–Kier alpha value is -2.30. The highest BCUT2D eigenvalue weighted by molar-refractivity contribution is 6.02. The van der Waals surface area contributed by atoms with Crippen LogP contribution in [0.3, 0.4) is 0 Å². The Balaban J connectivity index is 2.13. The number of nitrogens with one attached hydrogen (secondary N) is 1. The van der Waals surface area contributed by atoms with E-state index in [0.29, 0.717) is 17.3 Å². The Labute approximate surface area is 105 Å². The predicted molar refractivity (Wildman–Crippen MR) is 66.9 cm³/mol.